The number of benzene rings is 2. The van der Waals surface area contributed by atoms with E-state index in [1.807, 2.05) is 0 Å². The van der Waals surface area contributed by atoms with E-state index in [0.29, 0.717) is 4.88 Å². The molecular formula is C19H16N2O5S2. The van der Waals surface area contributed by atoms with Gasteiger partial charge in [-0.25, -0.2) is 8.42 Å². The summed E-state index contributed by atoms with van der Waals surface area (Å²) in [6.07, 6.45) is 0. The molecule has 0 spiro atoms. The van der Waals surface area contributed by atoms with E-state index in [4.69, 9.17) is 0 Å². The maximum Gasteiger partial charge on any atom is 0.270 e. The van der Waals surface area contributed by atoms with Crippen LogP contribution in [0.25, 0.3) is 0 Å². The molecule has 0 saturated heterocycles. The van der Waals surface area contributed by atoms with Gasteiger partial charge in [0.05, 0.1) is 9.82 Å². The Kier molecular flexibility index (Phi) is 5.86. The number of nitro groups is 1. The molecule has 0 radical (unpaired) electrons. The van der Waals surface area contributed by atoms with Gasteiger partial charge in [-0.15, -0.1) is 11.3 Å². The number of non-ortho nitro benzene ring substituents is 1. The number of carbonyl (C=O) groups excluding carboxylic acids is 1. The van der Waals surface area contributed by atoms with Crippen LogP contribution in [-0.4, -0.2) is 25.8 Å². The Morgan fingerprint density at radius 3 is 2.46 bits per heavy atom. The largest absolute Gasteiger partial charge is 0.350 e. The number of amides is 1. The van der Waals surface area contributed by atoms with Crippen LogP contribution in [0.1, 0.15) is 20.5 Å². The van der Waals surface area contributed by atoms with Crippen molar-refractivity contribution < 1.29 is 18.1 Å². The molecule has 0 unspecified atom stereocenters. The SMILES string of the molecule is O=C(NC[C@H](c1cccs1)S(=O)(=O)c1ccccc1)c1cccc([N+](=O)[O-])c1. The molecule has 1 amide bonds. The maximum atomic E-state index is 13.1. The molecule has 0 saturated carbocycles. The third-order valence-corrected chi connectivity index (χ3v) is 7.31. The van der Waals surface area contributed by atoms with E-state index >= 15 is 0 Å². The van der Waals surface area contributed by atoms with Crippen LogP contribution in [0.2, 0.25) is 0 Å². The summed E-state index contributed by atoms with van der Waals surface area (Å²) in [4.78, 5) is 23.5. The predicted molar refractivity (Wildman–Crippen MR) is 106 cm³/mol. The number of thiophene rings is 1. The van der Waals surface area contributed by atoms with Gasteiger partial charge in [-0.2, -0.15) is 0 Å². The quantitative estimate of drug-likeness (QED) is 0.468. The molecule has 7 nitrogen and oxygen atoms in total. The smallest absolute Gasteiger partial charge is 0.270 e. The number of hydrogen-bond donors (Lipinski definition) is 1. The first-order chi connectivity index (χ1) is 13.4. The lowest BCUT2D eigenvalue weighted by molar-refractivity contribution is -0.384. The van der Waals surface area contributed by atoms with Gasteiger partial charge < -0.3 is 5.32 Å². The van der Waals surface area contributed by atoms with Gasteiger partial charge in [0.15, 0.2) is 9.84 Å². The Bertz CT molecular complexity index is 1080. The van der Waals surface area contributed by atoms with E-state index in [2.05, 4.69) is 5.32 Å². The minimum atomic E-state index is -3.74. The van der Waals surface area contributed by atoms with Crippen molar-refractivity contribution in [3.63, 3.8) is 0 Å². The molecule has 0 fully saturated rings. The van der Waals surface area contributed by atoms with Crippen molar-refractivity contribution in [1.82, 2.24) is 5.32 Å². The molecule has 9 heteroatoms. The molecule has 3 aromatic rings. The summed E-state index contributed by atoms with van der Waals surface area (Å²) in [5, 5.41) is 14.3. The summed E-state index contributed by atoms with van der Waals surface area (Å²) in [5.74, 6) is -0.575. The van der Waals surface area contributed by atoms with Crippen molar-refractivity contribution >= 4 is 32.8 Å². The molecule has 0 aliphatic heterocycles. The summed E-state index contributed by atoms with van der Waals surface area (Å²) in [7, 11) is -3.74. The average molecular weight is 416 g/mol. The molecule has 1 N–H and O–H groups in total. The second-order valence-electron chi connectivity index (χ2n) is 5.88. The summed E-state index contributed by atoms with van der Waals surface area (Å²) in [5.41, 5.74) is -0.115. The van der Waals surface area contributed by atoms with Gasteiger partial charge in [0.25, 0.3) is 11.6 Å². The zero-order valence-electron chi connectivity index (χ0n) is 14.5. The van der Waals surface area contributed by atoms with Gasteiger partial charge in [-0.3, -0.25) is 14.9 Å². The van der Waals surface area contributed by atoms with Crippen molar-refractivity contribution in [3.05, 3.63) is 92.7 Å². The second kappa shape index (κ2) is 8.32. The monoisotopic (exact) mass is 416 g/mol. The van der Waals surface area contributed by atoms with Crippen LogP contribution in [0.3, 0.4) is 0 Å². The van der Waals surface area contributed by atoms with Crippen LogP contribution < -0.4 is 5.32 Å². The van der Waals surface area contributed by atoms with Crippen LogP contribution >= 0.6 is 11.3 Å². The molecule has 1 heterocycles. The van der Waals surface area contributed by atoms with Crippen molar-refractivity contribution in [2.24, 2.45) is 0 Å². The summed E-state index contributed by atoms with van der Waals surface area (Å²) in [6.45, 7) is -0.154. The molecule has 2 aromatic carbocycles. The van der Waals surface area contributed by atoms with Gasteiger partial charge in [0.1, 0.15) is 5.25 Å². The number of nitro benzene ring substituents is 1. The topological polar surface area (TPSA) is 106 Å². The lowest BCUT2D eigenvalue weighted by Gasteiger charge is -2.17. The summed E-state index contributed by atoms with van der Waals surface area (Å²) < 4.78 is 26.2. The highest BCUT2D eigenvalue weighted by atomic mass is 32.2. The summed E-state index contributed by atoms with van der Waals surface area (Å²) in [6, 6.07) is 16.8. The Hall–Kier alpha value is -3.04. The third-order valence-electron chi connectivity index (χ3n) is 4.07. The zero-order chi connectivity index (χ0) is 20.1. The van der Waals surface area contributed by atoms with Crippen LogP contribution in [0.5, 0.6) is 0 Å². The van der Waals surface area contributed by atoms with Crippen molar-refractivity contribution in [3.8, 4) is 0 Å². The Morgan fingerprint density at radius 1 is 1.07 bits per heavy atom. The number of rotatable bonds is 7. The number of carbonyl (C=O) groups is 1. The van der Waals surface area contributed by atoms with Crippen molar-refractivity contribution in [2.45, 2.75) is 10.1 Å². The Labute approximate surface area is 165 Å². The minimum absolute atomic E-state index is 0.0937. The number of sulfone groups is 1. The molecule has 1 aromatic heterocycles. The fourth-order valence-corrected chi connectivity index (χ4v) is 5.47. The molecule has 1 atom stereocenters. The van der Waals surface area contributed by atoms with Gasteiger partial charge in [-0.1, -0.05) is 30.3 Å². The van der Waals surface area contributed by atoms with Gasteiger partial charge >= 0.3 is 0 Å². The first kappa shape index (κ1) is 19.7. The van der Waals surface area contributed by atoms with E-state index in [0.717, 1.165) is 6.07 Å². The van der Waals surface area contributed by atoms with E-state index in [1.165, 1.54) is 41.7 Å². The normalized spacial score (nSPS) is 12.3. The molecule has 3 rings (SSSR count). The molecule has 0 aliphatic carbocycles. The second-order valence-corrected chi connectivity index (χ2v) is 8.99. The minimum Gasteiger partial charge on any atom is -0.350 e. The van der Waals surface area contributed by atoms with Gasteiger partial charge in [0, 0.05) is 29.1 Å². The van der Waals surface area contributed by atoms with Crippen LogP contribution in [0.4, 0.5) is 5.69 Å². The highest BCUT2D eigenvalue weighted by Gasteiger charge is 2.30. The molecular weight excluding hydrogens is 400 g/mol. The van der Waals surface area contributed by atoms with Gasteiger partial charge in [-0.05, 0) is 29.6 Å². The first-order valence-electron chi connectivity index (χ1n) is 8.24. The highest BCUT2D eigenvalue weighted by Crippen LogP contribution is 2.31. The summed E-state index contributed by atoms with van der Waals surface area (Å²) >= 11 is 1.29. The van der Waals surface area contributed by atoms with Gasteiger partial charge in [0.2, 0.25) is 0 Å². The van der Waals surface area contributed by atoms with Crippen molar-refractivity contribution in [1.29, 1.82) is 0 Å². The van der Waals surface area contributed by atoms with E-state index in [-0.39, 0.29) is 22.7 Å². The van der Waals surface area contributed by atoms with Crippen LogP contribution in [-0.2, 0) is 9.84 Å². The van der Waals surface area contributed by atoms with Crippen molar-refractivity contribution in [2.75, 3.05) is 6.54 Å². The zero-order valence-corrected chi connectivity index (χ0v) is 16.2. The number of nitrogens with one attached hydrogen (secondary N) is 1. The van der Waals surface area contributed by atoms with E-state index < -0.39 is 25.9 Å². The predicted octanol–water partition coefficient (Wildman–Crippen LogP) is 3.60. The Morgan fingerprint density at radius 2 is 1.82 bits per heavy atom. The Balaban J connectivity index is 1.85. The number of hydrogen-bond acceptors (Lipinski definition) is 6. The lowest BCUT2D eigenvalue weighted by atomic mass is 10.2. The fraction of sp³-hybridized carbons (Fsp3) is 0.105. The highest BCUT2D eigenvalue weighted by molar-refractivity contribution is 7.91. The molecule has 0 aliphatic rings. The molecule has 28 heavy (non-hydrogen) atoms. The average Bonchev–Trinajstić information content (AvgIpc) is 3.23. The molecule has 0 bridgehead atoms. The van der Waals surface area contributed by atoms with Crippen LogP contribution in [0.15, 0.2) is 77.0 Å². The third kappa shape index (κ3) is 4.26. The van der Waals surface area contributed by atoms with E-state index in [9.17, 15) is 23.3 Å². The maximum absolute atomic E-state index is 13.1. The standard InChI is InChI=1S/C19H16N2O5S2/c22-19(14-6-4-7-15(12-14)21(23)24)20-13-18(17-10-5-11-27-17)28(25,26)16-8-2-1-3-9-16/h1-12,18H,13H2,(H,20,22)/t18-/m1/s1. The first-order valence-corrected chi connectivity index (χ1v) is 10.7. The van der Waals surface area contributed by atoms with E-state index in [1.54, 1.807) is 35.7 Å². The van der Waals surface area contributed by atoms with Crippen LogP contribution in [0, 0.1) is 10.1 Å². The molecule has 144 valence electrons. The fourth-order valence-electron chi connectivity index (χ4n) is 2.66. The lowest BCUT2D eigenvalue weighted by Crippen LogP contribution is -2.31. The number of nitrogens with zero attached hydrogens (tertiary/aromatic N) is 1.